The van der Waals surface area contributed by atoms with Crippen LogP contribution in [0.25, 0.3) is 0 Å². The number of halogens is 1. The van der Waals surface area contributed by atoms with Gasteiger partial charge in [0.25, 0.3) is 0 Å². The topological polar surface area (TPSA) is 83.1 Å². The minimum absolute atomic E-state index is 0.0281. The van der Waals surface area contributed by atoms with Crippen LogP contribution in [0.2, 0.25) is 0 Å². The van der Waals surface area contributed by atoms with Gasteiger partial charge in [0.2, 0.25) is 11.8 Å². The van der Waals surface area contributed by atoms with E-state index in [-0.39, 0.29) is 30.8 Å². The van der Waals surface area contributed by atoms with E-state index in [1.54, 1.807) is 36.4 Å². The van der Waals surface area contributed by atoms with Crippen molar-refractivity contribution < 1.29 is 23.5 Å². The number of nitrogens with zero attached hydrogens (tertiary/aromatic N) is 2. The first-order chi connectivity index (χ1) is 19.9. The molecule has 3 aromatic carbocycles. The monoisotopic (exact) mass is 562 g/mol. The van der Waals surface area contributed by atoms with Gasteiger partial charge in [-0.1, -0.05) is 44.2 Å². The van der Waals surface area contributed by atoms with Crippen LogP contribution in [0.15, 0.2) is 78.9 Å². The second kappa shape index (κ2) is 15.3. The zero-order valence-electron chi connectivity index (χ0n) is 23.7. The Morgan fingerprint density at radius 2 is 1.63 bits per heavy atom. The van der Waals surface area contributed by atoms with E-state index in [2.05, 4.69) is 34.3 Å². The van der Waals surface area contributed by atoms with Gasteiger partial charge in [-0.3, -0.25) is 19.4 Å². The van der Waals surface area contributed by atoms with E-state index in [4.69, 9.17) is 9.47 Å². The third-order valence-corrected chi connectivity index (χ3v) is 7.16. The Morgan fingerprint density at radius 1 is 0.976 bits per heavy atom. The molecule has 1 heterocycles. The van der Waals surface area contributed by atoms with Crippen LogP contribution in [0.4, 0.5) is 10.1 Å². The average molecular weight is 563 g/mol. The molecule has 1 aliphatic heterocycles. The number of carbonyl (C=O) groups excluding carboxylic acids is 2. The number of nitrogens with one attached hydrogen (secondary N) is 2. The Morgan fingerprint density at radius 3 is 2.29 bits per heavy atom. The Kier molecular flexibility index (Phi) is 11.2. The molecule has 2 unspecified atom stereocenters. The van der Waals surface area contributed by atoms with Gasteiger partial charge >= 0.3 is 0 Å². The molecule has 0 bridgehead atoms. The van der Waals surface area contributed by atoms with Gasteiger partial charge in [-0.05, 0) is 73.6 Å². The lowest BCUT2D eigenvalue weighted by Crippen LogP contribution is -2.49. The number of ether oxygens (including phenoxy) is 2. The summed E-state index contributed by atoms with van der Waals surface area (Å²) in [5.41, 5.74) is 1.53. The summed E-state index contributed by atoms with van der Waals surface area (Å²) in [6, 6.07) is 21.8. The number of carbonyl (C=O) groups is 2. The number of likely N-dealkylation sites (tertiary alicyclic amines) is 1. The Balaban J connectivity index is 1.34. The molecule has 41 heavy (non-hydrogen) atoms. The zero-order chi connectivity index (χ0) is 29.0. The molecular weight excluding hydrogens is 523 g/mol. The van der Waals surface area contributed by atoms with E-state index in [0.29, 0.717) is 29.8 Å². The number of anilines is 1. The number of amides is 2. The fourth-order valence-corrected chi connectivity index (χ4v) is 4.96. The highest BCUT2D eigenvalue weighted by molar-refractivity contribution is 5.97. The molecule has 1 fully saturated rings. The smallest absolute Gasteiger partial charge is 0.249 e. The lowest BCUT2D eigenvalue weighted by atomic mass is 10.2. The van der Waals surface area contributed by atoms with Gasteiger partial charge in [-0.2, -0.15) is 0 Å². The van der Waals surface area contributed by atoms with Crippen LogP contribution < -0.4 is 15.4 Å². The summed E-state index contributed by atoms with van der Waals surface area (Å²) in [5, 5.41) is 5.75. The van der Waals surface area contributed by atoms with Crippen molar-refractivity contribution in [2.45, 2.75) is 39.0 Å². The molecule has 8 nitrogen and oxygen atoms in total. The van der Waals surface area contributed by atoms with Gasteiger partial charge in [-0.25, -0.2) is 4.39 Å². The summed E-state index contributed by atoms with van der Waals surface area (Å²) in [6.07, 6.45) is 1.03. The molecular formula is C32H39FN4O4. The minimum Gasteiger partial charge on any atom is -0.457 e. The van der Waals surface area contributed by atoms with Crippen LogP contribution in [0.5, 0.6) is 11.5 Å². The SMILES string of the molecule is CCN(CC)C1CCN(CC(=O)NC(COCc2ccccc2)C(=O)Nc2ccc(Oc3ccc(F)cc3)cc2)C1. The highest BCUT2D eigenvalue weighted by Crippen LogP contribution is 2.23. The molecule has 1 saturated heterocycles. The Hall–Kier alpha value is -3.79. The van der Waals surface area contributed by atoms with Crippen molar-refractivity contribution >= 4 is 17.5 Å². The molecule has 0 spiro atoms. The van der Waals surface area contributed by atoms with Crippen LogP contribution in [0.3, 0.4) is 0 Å². The first kappa shape index (κ1) is 30.2. The van der Waals surface area contributed by atoms with Crippen LogP contribution >= 0.6 is 0 Å². The summed E-state index contributed by atoms with van der Waals surface area (Å²) >= 11 is 0. The molecule has 0 aromatic heterocycles. The number of hydrogen-bond acceptors (Lipinski definition) is 6. The Labute approximate surface area is 241 Å². The molecule has 218 valence electrons. The molecule has 9 heteroatoms. The van der Waals surface area contributed by atoms with Crippen molar-refractivity contribution in [3.8, 4) is 11.5 Å². The van der Waals surface area contributed by atoms with Crippen LogP contribution in [0, 0.1) is 5.82 Å². The van der Waals surface area contributed by atoms with E-state index in [0.717, 1.165) is 38.2 Å². The van der Waals surface area contributed by atoms with Crippen molar-refractivity contribution in [3.63, 3.8) is 0 Å². The maximum absolute atomic E-state index is 13.3. The number of likely N-dealkylation sites (N-methyl/N-ethyl adjacent to an activating group) is 1. The van der Waals surface area contributed by atoms with Crippen molar-refractivity contribution in [2.24, 2.45) is 0 Å². The van der Waals surface area contributed by atoms with E-state index in [1.165, 1.54) is 12.1 Å². The average Bonchev–Trinajstić information content (AvgIpc) is 3.44. The van der Waals surface area contributed by atoms with E-state index >= 15 is 0 Å². The van der Waals surface area contributed by atoms with Gasteiger partial charge in [0.15, 0.2) is 0 Å². The molecule has 2 amide bonds. The van der Waals surface area contributed by atoms with Crippen LogP contribution in [0.1, 0.15) is 25.8 Å². The predicted octanol–water partition coefficient (Wildman–Crippen LogP) is 4.67. The third kappa shape index (κ3) is 9.38. The number of hydrogen-bond donors (Lipinski definition) is 2. The second-order valence-electron chi connectivity index (χ2n) is 10.1. The number of benzene rings is 3. The van der Waals surface area contributed by atoms with Gasteiger partial charge in [0.05, 0.1) is 19.8 Å². The van der Waals surface area contributed by atoms with E-state index in [9.17, 15) is 14.0 Å². The normalized spacial score (nSPS) is 16.0. The van der Waals surface area contributed by atoms with Crippen LogP contribution in [-0.4, -0.2) is 73.0 Å². The molecule has 2 atom stereocenters. The first-order valence-corrected chi connectivity index (χ1v) is 14.1. The molecule has 0 saturated carbocycles. The lowest BCUT2D eigenvalue weighted by Gasteiger charge is -2.26. The predicted molar refractivity (Wildman–Crippen MR) is 157 cm³/mol. The minimum atomic E-state index is -0.873. The van der Waals surface area contributed by atoms with E-state index < -0.39 is 6.04 Å². The standard InChI is InChI=1S/C32H39FN4O4/c1-3-37(4-2)27-18-19-36(20-27)21-31(38)35-30(23-40-22-24-8-6-5-7-9-24)32(39)34-26-12-16-29(17-13-26)41-28-14-10-25(33)11-15-28/h5-17,27,30H,3-4,18-23H2,1-2H3,(H,34,39)(H,35,38). The molecule has 1 aliphatic rings. The van der Waals surface area contributed by atoms with Crippen molar-refractivity contribution in [2.75, 3.05) is 44.6 Å². The van der Waals surface area contributed by atoms with E-state index in [1.807, 2.05) is 30.3 Å². The Bertz CT molecular complexity index is 1240. The van der Waals surface area contributed by atoms with Crippen molar-refractivity contribution in [1.29, 1.82) is 0 Å². The van der Waals surface area contributed by atoms with Gasteiger partial charge in [0.1, 0.15) is 23.4 Å². The molecule has 0 radical (unpaired) electrons. The largest absolute Gasteiger partial charge is 0.457 e. The summed E-state index contributed by atoms with van der Waals surface area (Å²) in [4.78, 5) is 30.8. The van der Waals surface area contributed by atoms with Gasteiger partial charge < -0.3 is 20.1 Å². The summed E-state index contributed by atoms with van der Waals surface area (Å²) in [7, 11) is 0. The maximum Gasteiger partial charge on any atom is 0.249 e. The second-order valence-corrected chi connectivity index (χ2v) is 10.1. The van der Waals surface area contributed by atoms with Gasteiger partial charge in [-0.15, -0.1) is 0 Å². The summed E-state index contributed by atoms with van der Waals surface area (Å²) < 4.78 is 24.7. The summed E-state index contributed by atoms with van der Waals surface area (Å²) in [5.74, 6) is 0.119. The highest BCUT2D eigenvalue weighted by atomic mass is 19.1. The molecule has 2 N–H and O–H groups in total. The van der Waals surface area contributed by atoms with Gasteiger partial charge in [0, 0.05) is 24.8 Å². The maximum atomic E-state index is 13.3. The zero-order valence-corrected chi connectivity index (χ0v) is 23.7. The lowest BCUT2D eigenvalue weighted by molar-refractivity contribution is -0.128. The quantitative estimate of drug-likeness (QED) is 0.297. The van der Waals surface area contributed by atoms with Crippen molar-refractivity contribution in [3.05, 3.63) is 90.2 Å². The number of rotatable bonds is 14. The fourth-order valence-electron chi connectivity index (χ4n) is 4.96. The molecule has 4 rings (SSSR count). The fraction of sp³-hybridized carbons (Fsp3) is 0.375. The molecule has 0 aliphatic carbocycles. The summed E-state index contributed by atoms with van der Waals surface area (Å²) in [6.45, 7) is 8.56. The first-order valence-electron chi connectivity index (χ1n) is 14.1. The third-order valence-electron chi connectivity index (χ3n) is 7.16. The highest BCUT2D eigenvalue weighted by Gasteiger charge is 2.29. The van der Waals surface area contributed by atoms with Crippen LogP contribution in [-0.2, 0) is 20.9 Å². The van der Waals surface area contributed by atoms with Crippen molar-refractivity contribution in [1.82, 2.24) is 15.1 Å². The molecule has 3 aromatic rings.